The predicted octanol–water partition coefficient (Wildman–Crippen LogP) is 6.83. The van der Waals surface area contributed by atoms with Gasteiger partial charge in [-0.05, 0) is 12.8 Å². The molecule has 1 heterocycles. The Morgan fingerprint density at radius 2 is 1.33 bits per heavy atom. The summed E-state index contributed by atoms with van der Waals surface area (Å²) in [6, 6.07) is 31.0. The normalized spacial score (nSPS) is 11.9. The van der Waals surface area contributed by atoms with Crippen molar-refractivity contribution in [2.24, 2.45) is 0 Å². The Morgan fingerprint density at radius 3 is 1.91 bits per heavy atom. The molecule has 33 heavy (non-hydrogen) atoms. The van der Waals surface area contributed by atoms with Crippen molar-refractivity contribution in [2.45, 2.75) is 37.5 Å². The van der Waals surface area contributed by atoms with E-state index >= 15 is 0 Å². The number of rotatable bonds is 10. The summed E-state index contributed by atoms with van der Waals surface area (Å²) in [5, 5.41) is 8.47. The van der Waals surface area contributed by atoms with Gasteiger partial charge in [0.05, 0.1) is 16.6 Å². The van der Waals surface area contributed by atoms with Crippen molar-refractivity contribution >= 4 is 18.6 Å². The first-order valence-corrected chi connectivity index (χ1v) is 11.8. The third-order valence-corrected chi connectivity index (χ3v) is 6.22. The largest absolute Gasteiger partial charge is 0.480 e. The maximum atomic E-state index is 11.0. The molecule has 0 aliphatic rings. The lowest BCUT2D eigenvalue weighted by Gasteiger charge is -2.14. The first-order chi connectivity index (χ1) is 16.1. The van der Waals surface area contributed by atoms with Crippen molar-refractivity contribution < 1.29 is 9.90 Å². The van der Waals surface area contributed by atoms with E-state index in [0.717, 1.165) is 59.7 Å². The van der Waals surface area contributed by atoms with Gasteiger partial charge in [-0.1, -0.05) is 104 Å². The summed E-state index contributed by atoms with van der Waals surface area (Å²) in [4.78, 5) is 16.2. The SMILES string of the molecule is O=C(O)C(S)CCCCCn1c(-c2ccccc2)nc(-c2ccccc2)c1-c1ccccc1. The van der Waals surface area contributed by atoms with Gasteiger partial charge in [0.2, 0.25) is 0 Å². The van der Waals surface area contributed by atoms with Crippen LogP contribution in [0.5, 0.6) is 0 Å². The first kappa shape index (κ1) is 22.9. The minimum Gasteiger partial charge on any atom is -0.480 e. The highest BCUT2D eigenvalue weighted by molar-refractivity contribution is 7.81. The van der Waals surface area contributed by atoms with Crippen molar-refractivity contribution in [3.63, 3.8) is 0 Å². The fourth-order valence-electron chi connectivity index (χ4n) is 4.07. The minimum atomic E-state index is -0.849. The molecule has 0 spiro atoms. The number of carbonyl (C=O) groups is 1. The average Bonchev–Trinajstić information content (AvgIpc) is 3.24. The van der Waals surface area contributed by atoms with Gasteiger partial charge in [0, 0.05) is 23.2 Å². The summed E-state index contributed by atoms with van der Waals surface area (Å²) in [6.45, 7) is 0.804. The van der Waals surface area contributed by atoms with Gasteiger partial charge in [0.25, 0.3) is 0 Å². The molecule has 4 nitrogen and oxygen atoms in total. The van der Waals surface area contributed by atoms with Crippen LogP contribution in [0.2, 0.25) is 0 Å². The molecule has 1 N–H and O–H groups in total. The summed E-state index contributed by atoms with van der Waals surface area (Å²) in [6.07, 6.45) is 3.28. The Balaban J connectivity index is 1.72. The van der Waals surface area contributed by atoms with Crippen molar-refractivity contribution in [1.29, 1.82) is 0 Å². The number of nitrogens with zero attached hydrogens (tertiary/aromatic N) is 2. The van der Waals surface area contributed by atoms with Crippen LogP contribution >= 0.6 is 12.6 Å². The number of carboxylic acids is 1. The summed E-state index contributed by atoms with van der Waals surface area (Å²) >= 11 is 4.15. The van der Waals surface area contributed by atoms with Gasteiger partial charge in [-0.15, -0.1) is 0 Å². The van der Waals surface area contributed by atoms with Crippen molar-refractivity contribution in [2.75, 3.05) is 0 Å². The second-order valence-electron chi connectivity index (χ2n) is 8.09. The summed E-state index contributed by atoms with van der Waals surface area (Å²) < 4.78 is 2.32. The van der Waals surface area contributed by atoms with Gasteiger partial charge < -0.3 is 9.67 Å². The molecule has 1 unspecified atom stereocenters. The molecular weight excluding hydrogens is 428 g/mol. The second-order valence-corrected chi connectivity index (χ2v) is 8.71. The van der Waals surface area contributed by atoms with E-state index in [1.165, 1.54) is 0 Å². The first-order valence-electron chi connectivity index (χ1n) is 11.3. The minimum absolute atomic E-state index is 0.578. The van der Waals surface area contributed by atoms with Gasteiger partial charge in [0.15, 0.2) is 0 Å². The molecule has 0 radical (unpaired) electrons. The third kappa shape index (κ3) is 5.55. The van der Waals surface area contributed by atoms with Crippen LogP contribution in [0, 0.1) is 0 Å². The van der Waals surface area contributed by atoms with Crippen molar-refractivity contribution in [3.05, 3.63) is 91.0 Å². The third-order valence-electron chi connectivity index (χ3n) is 5.74. The highest BCUT2D eigenvalue weighted by Crippen LogP contribution is 2.36. The summed E-state index contributed by atoms with van der Waals surface area (Å²) in [5.74, 6) is 0.101. The Kier molecular flexibility index (Phi) is 7.63. The van der Waals surface area contributed by atoms with E-state index in [0.29, 0.717) is 6.42 Å². The molecule has 1 aromatic heterocycles. The van der Waals surface area contributed by atoms with Crippen LogP contribution in [0.1, 0.15) is 25.7 Å². The lowest BCUT2D eigenvalue weighted by molar-refractivity contribution is -0.136. The van der Waals surface area contributed by atoms with Crippen LogP contribution in [0.4, 0.5) is 0 Å². The van der Waals surface area contributed by atoms with Gasteiger partial charge in [-0.2, -0.15) is 12.6 Å². The van der Waals surface area contributed by atoms with E-state index in [1.807, 2.05) is 42.5 Å². The van der Waals surface area contributed by atoms with Crippen LogP contribution in [0.3, 0.4) is 0 Å². The maximum absolute atomic E-state index is 11.0. The number of hydrogen-bond acceptors (Lipinski definition) is 3. The number of aliphatic carboxylic acids is 1. The zero-order valence-electron chi connectivity index (χ0n) is 18.5. The topological polar surface area (TPSA) is 55.1 Å². The molecule has 0 saturated carbocycles. The maximum Gasteiger partial charge on any atom is 0.316 e. The molecule has 4 rings (SSSR count). The van der Waals surface area contributed by atoms with Crippen LogP contribution < -0.4 is 0 Å². The van der Waals surface area contributed by atoms with E-state index in [1.54, 1.807) is 0 Å². The van der Waals surface area contributed by atoms with Gasteiger partial charge in [-0.3, -0.25) is 4.79 Å². The zero-order valence-corrected chi connectivity index (χ0v) is 19.4. The lowest BCUT2D eigenvalue weighted by atomic mass is 10.0. The molecule has 168 valence electrons. The van der Waals surface area contributed by atoms with E-state index in [-0.39, 0.29) is 0 Å². The molecule has 5 heteroatoms. The molecule has 0 amide bonds. The Hall–Kier alpha value is -3.31. The molecule has 0 aliphatic carbocycles. The Labute approximate surface area is 200 Å². The van der Waals surface area contributed by atoms with E-state index in [4.69, 9.17) is 10.1 Å². The molecule has 4 aromatic rings. The molecule has 0 bridgehead atoms. The monoisotopic (exact) mass is 456 g/mol. The number of aromatic nitrogens is 2. The van der Waals surface area contributed by atoms with Crippen LogP contribution in [0.25, 0.3) is 33.9 Å². The predicted molar refractivity (Wildman–Crippen MR) is 137 cm³/mol. The quantitative estimate of drug-likeness (QED) is 0.203. The standard InChI is InChI=1S/C28H28N2O2S/c31-28(32)24(33)19-11-4-12-20-30-26(22-15-7-2-8-16-22)25(21-13-5-1-6-14-21)29-27(30)23-17-9-3-10-18-23/h1-3,5-10,13-18,24,33H,4,11-12,19-20H2,(H,31,32). The van der Waals surface area contributed by atoms with Gasteiger partial charge in [0.1, 0.15) is 5.82 Å². The number of thiol groups is 1. The average molecular weight is 457 g/mol. The summed E-state index contributed by atoms with van der Waals surface area (Å²) in [7, 11) is 0. The zero-order chi connectivity index (χ0) is 23.0. The van der Waals surface area contributed by atoms with Crippen LogP contribution in [0.15, 0.2) is 91.0 Å². The Bertz CT molecular complexity index is 1170. The lowest BCUT2D eigenvalue weighted by Crippen LogP contribution is -2.12. The number of unbranched alkanes of at least 4 members (excludes halogenated alkanes) is 2. The Morgan fingerprint density at radius 1 is 0.788 bits per heavy atom. The number of benzene rings is 3. The second kappa shape index (κ2) is 11.0. The number of hydrogen-bond donors (Lipinski definition) is 2. The van der Waals surface area contributed by atoms with E-state index in [2.05, 4.69) is 65.7 Å². The van der Waals surface area contributed by atoms with Crippen LogP contribution in [-0.2, 0) is 11.3 Å². The van der Waals surface area contributed by atoms with Gasteiger partial charge in [-0.25, -0.2) is 4.98 Å². The van der Waals surface area contributed by atoms with Crippen LogP contribution in [-0.4, -0.2) is 25.9 Å². The molecule has 0 saturated heterocycles. The fourth-order valence-corrected chi connectivity index (χ4v) is 4.25. The number of imidazole rings is 1. The van der Waals surface area contributed by atoms with Gasteiger partial charge >= 0.3 is 5.97 Å². The summed E-state index contributed by atoms with van der Waals surface area (Å²) in [5.41, 5.74) is 5.39. The molecule has 1 atom stereocenters. The van der Waals surface area contributed by atoms with E-state index in [9.17, 15) is 4.79 Å². The molecular formula is C28H28N2O2S. The van der Waals surface area contributed by atoms with Crippen molar-refractivity contribution in [1.82, 2.24) is 9.55 Å². The fraction of sp³-hybridized carbons (Fsp3) is 0.214. The smallest absolute Gasteiger partial charge is 0.316 e. The molecule has 0 aliphatic heterocycles. The molecule has 0 fully saturated rings. The highest BCUT2D eigenvalue weighted by Gasteiger charge is 2.21. The molecule has 3 aromatic carbocycles. The van der Waals surface area contributed by atoms with E-state index < -0.39 is 11.2 Å². The highest BCUT2D eigenvalue weighted by atomic mass is 32.1. The van der Waals surface area contributed by atoms with Crippen molar-refractivity contribution in [3.8, 4) is 33.9 Å². The number of carboxylic acid groups (broad SMARTS) is 1.